The maximum Gasteiger partial charge on any atom is 0.133 e. The Balaban J connectivity index is 2.80. The zero-order valence-electron chi connectivity index (χ0n) is 11.1. The Morgan fingerprint density at radius 3 is 2.53 bits per heavy atom. The molecule has 1 aromatic carbocycles. The van der Waals surface area contributed by atoms with Crippen LogP contribution in [0.1, 0.15) is 38.2 Å². The molecule has 1 rings (SSSR count). The van der Waals surface area contributed by atoms with Gasteiger partial charge in [-0.2, -0.15) is 0 Å². The summed E-state index contributed by atoms with van der Waals surface area (Å²) in [5, 5.41) is 4.91. The minimum absolute atomic E-state index is 0.228. The zero-order chi connectivity index (χ0) is 14.3. The van der Waals surface area contributed by atoms with E-state index in [2.05, 4.69) is 5.16 Å². The van der Waals surface area contributed by atoms with E-state index in [9.17, 15) is 4.79 Å². The number of ketones is 1. The van der Waals surface area contributed by atoms with E-state index >= 15 is 0 Å². The summed E-state index contributed by atoms with van der Waals surface area (Å²) in [5.41, 5.74) is 1.52. The second-order valence-electron chi connectivity index (χ2n) is 4.14. The van der Waals surface area contributed by atoms with Crippen LogP contribution in [0.3, 0.4) is 0 Å². The molecule has 0 N–H and O–H groups in total. The van der Waals surface area contributed by atoms with Gasteiger partial charge in [0, 0.05) is 24.8 Å². The first-order valence-corrected chi connectivity index (χ1v) is 6.91. The van der Waals surface area contributed by atoms with Gasteiger partial charge in [0.15, 0.2) is 0 Å². The number of nitrogens with zero attached hydrogens (tertiary/aromatic N) is 1. The minimum Gasteiger partial charge on any atom is -0.399 e. The van der Waals surface area contributed by atoms with Crippen LogP contribution in [0.2, 0.25) is 10.0 Å². The van der Waals surface area contributed by atoms with E-state index in [1.807, 2.05) is 13.0 Å². The molecule has 0 aromatic heterocycles. The van der Waals surface area contributed by atoms with Gasteiger partial charge < -0.3 is 4.84 Å². The van der Waals surface area contributed by atoms with E-state index in [4.69, 9.17) is 28.0 Å². The Hall–Kier alpha value is -1.06. The molecule has 0 atom stereocenters. The summed E-state index contributed by atoms with van der Waals surface area (Å²) in [6.45, 7) is 1.99. The molecule has 0 heterocycles. The Bertz CT molecular complexity index is 473. The van der Waals surface area contributed by atoms with Gasteiger partial charge >= 0.3 is 0 Å². The molecule has 0 aliphatic heterocycles. The molecule has 1 aromatic rings. The molecule has 0 amide bonds. The third-order valence-corrected chi connectivity index (χ3v) is 3.36. The molecule has 104 valence electrons. The molecule has 0 spiro atoms. The van der Waals surface area contributed by atoms with Crippen molar-refractivity contribution in [3.63, 3.8) is 0 Å². The molecular formula is C14H17Cl2NO2. The van der Waals surface area contributed by atoms with Crippen molar-refractivity contribution in [1.82, 2.24) is 0 Å². The van der Waals surface area contributed by atoms with Crippen LogP contribution < -0.4 is 0 Å². The number of halogens is 2. The number of rotatable bonds is 7. The normalized spacial score (nSPS) is 11.5. The van der Waals surface area contributed by atoms with Crippen molar-refractivity contribution in [1.29, 1.82) is 0 Å². The molecule has 19 heavy (non-hydrogen) atoms. The SMILES string of the molecule is CCCC(=O)CC/C(=N\OC)c1ccc(Cl)c(Cl)c1. The van der Waals surface area contributed by atoms with Crippen LogP contribution in [0.15, 0.2) is 23.4 Å². The molecule has 0 bridgehead atoms. The second kappa shape index (κ2) is 8.18. The van der Waals surface area contributed by atoms with Crippen molar-refractivity contribution < 1.29 is 9.63 Å². The molecule has 0 fully saturated rings. The lowest BCUT2D eigenvalue weighted by molar-refractivity contribution is -0.118. The molecule has 0 aliphatic carbocycles. The van der Waals surface area contributed by atoms with Gasteiger partial charge in [0.05, 0.1) is 15.8 Å². The Labute approximate surface area is 123 Å². The summed E-state index contributed by atoms with van der Waals surface area (Å²) in [5.74, 6) is 0.228. The fourth-order valence-electron chi connectivity index (χ4n) is 1.69. The second-order valence-corrected chi connectivity index (χ2v) is 4.95. The van der Waals surface area contributed by atoms with Crippen LogP contribution in [0, 0.1) is 0 Å². The fraction of sp³-hybridized carbons (Fsp3) is 0.429. The maximum absolute atomic E-state index is 11.6. The highest BCUT2D eigenvalue weighted by atomic mass is 35.5. The average molecular weight is 302 g/mol. The van der Waals surface area contributed by atoms with Crippen molar-refractivity contribution in [3.8, 4) is 0 Å². The standard InChI is InChI=1S/C14H17Cl2NO2/c1-3-4-11(18)6-8-14(17-19-2)10-5-7-12(15)13(16)9-10/h5,7,9H,3-4,6,8H2,1-2H3/b17-14+. The van der Waals surface area contributed by atoms with Crippen molar-refractivity contribution in [3.05, 3.63) is 33.8 Å². The van der Waals surface area contributed by atoms with Crippen LogP contribution in [-0.4, -0.2) is 18.6 Å². The van der Waals surface area contributed by atoms with Crippen LogP contribution in [-0.2, 0) is 9.63 Å². The van der Waals surface area contributed by atoms with Gasteiger partial charge in [-0.25, -0.2) is 0 Å². The van der Waals surface area contributed by atoms with Gasteiger partial charge in [-0.1, -0.05) is 41.3 Å². The highest BCUT2D eigenvalue weighted by Gasteiger charge is 2.10. The summed E-state index contributed by atoms with van der Waals surface area (Å²) in [6.07, 6.45) is 2.45. The van der Waals surface area contributed by atoms with Crippen LogP contribution in [0.5, 0.6) is 0 Å². The number of hydrogen-bond donors (Lipinski definition) is 0. The first kappa shape index (κ1) is 16.0. The molecule has 3 nitrogen and oxygen atoms in total. The molecular weight excluding hydrogens is 285 g/mol. The number of carbonyl (C=O) groups excluding carboxylic acids is 1. The minimum atomic E-state index is 0.228. The molecule has 0 saturated heterocycles. The third kappa shape index (κ3) is 5.21. The highest BCUT2D eigenvalue weighted by molar-refractivity contribution is 6.42. The van der Waals surface area contributed by atoms with Gasteiger partial charge in [0.1, 0.15) is 12.9 Å². The predicted molar refractivity (Wildman–Crippen MR) is 79.2 cm³/mol. The van der Waals surface area contributed by atoms with E-state index in [-0.39, 0.29) is 5.78 Å². The smallest absolute Gasteiger partial charge is 0.133 e. The third-order valence-electron chi connectivity index (χ3n) is 2.62. The van der Waals surface area contributed by atoms with Crippen molar-refractivity contribution in [2.45, 2.75) is 32.6 Å². The number of hydrogen-bond acceptors (Lipinski definition) is 3. The molecule has 0 unspecified atom stereocenters. The van der Waals surface area contributed by atoms with Crippen LogP contribution in [0.4, 0.5) is 0 Å². The lowest BCUT2D eigenvalue weighted by atomic mass is 10.0. The quantitative estimate of drug-likeness (QED) is 0.549. The Morgan fingerprint density at radius 2 is 1.95 bits per heavy atom. The van der Waals surface area contributed by atoms with Crippen molar-refractivity contribution in [2.75, 3.05) is 7.11 Å². The number of carbonyl (C=O) groups is 1. The molecule has 5 heteroatoms. The average Bonchev–Trinajstić information content (AvgIpc) is 2.38. The van der Waals surface area contributed by atoms with Crippen LogP contribution in [0.25, 0.3) is 0 Å². The topological polar surface area (TPSA) is 38.7 Å². The summed E-state index contributed by atoms with van der Waals surface area (Å²) in [6, 6.07) is 5.25. The van der Waals surface area contributed by atoms with E-state index < -0.39 is 0 Å². The van der Waals surface area contributed by atoms with Crippen LogP contribution >= 0.6 is 23.2 Å². The first-order chi connectivity index (χ1) is 9.08. The lowest BCUT2D eigenvalue weighted by Gasteiger charge is -2.07. The Morgan fingerprint density at radius 1 is 1.21 bits per heavy atom. The largest absolute Gasteiger partial charge is 0.399 e. The number of Topliss-reactive ketones (excluding diaryl/α,β-unsaturated/α-hetero) is 1. The fourth-order valence-corrected chi connectivity index (χ4v) is 1.99. The Kier molecular flexibility index (Phi) is 6.89. The van der Waals surface area contributed by atoms with Gasteiger partial charge in [-0.05, 0) is 18.6 Å². The monoisotopic (exact) mass is 301 g/mol. The van der Waals surface area contributed by atoms with Gasteiger partial charge in [-0.15, -0.1) is 0 Å². The zero-order valence-corrected chi connectivity index (χ0v) is 12.6. The van der Waals surface area contributed by atoms with Gasteiger partial charge in [0.25, 0.3) is 0 Å². The van der Waals surface area contributed by atoms with E-state index in [1.54, 1.807) is 12.1 Å². The first-order valence-electron chi connectivity index (χ1n) is 6.15. The van der Waals surface area contributed by atoms with E-state index in [0.29, 0.717) is 35.0 Å². The van der Waals surface area contributed by atoms with Crippen molar-refractivity contribution in [2.24, 2.45) is 5.16 Å². The summed E-state index contributed by atoms with van der Waals surface area (Å²) >= 11 is 11.8. The maximum atomic E-state index is 11.6. The number of oxime groups is 1. The molecule has 0 radical (unpaired) electrons. The summed E-state index contributed by atoms with van der Waals surface area (Å²) < 4.78 is 0. The summed E-state index contributed by atoms with van der Waals surface area (Å²) in [4.78, 5) is 16.4. The summed E-state index contributed by atoms with van der Waals surface area (Å²) in [7, 11) is 1.48. The molecule has 0 saturated carbocycles. The predicted octanol–water partition coefficient (Wildman–Crippen LogP) is 4.49. The van der Waals surface area contributed by atoms with Gasteiger partial charge in [0.2, 0.25) is 0 Å². The number of benzene rings is 1. The highest BCUT2D eigenvalue weighted by Crippen LogP contribution is 2.23. The lowest BCUT2D eigenvalue weighted by Crippen LogP contribution is -2.06. The molecule has 0 aliphatic rings. The van der Waals surface area contributed by atoms with Crippen molar-refractivity contribution >= 4 is 34.7 Å². The van der Waals surface area contributed by atoms with Gasteiger partial charge in [-0.3, -0.25) is 4.79 Å². The van der Waals surface area contributed by atoms with E-state index in [1.165, 1.54) is 7.11 Å². The van der Waals surface area contributed by atoms with E-state index in [0.717, 1.165) is 12.0 Å².